The van der Waals surface area contributed by atoms with E-state index >= 15 is 0 Å². The second kappa shape index (κ2) is 7.34. The zero-order chi connectivity index (χ0) is 13.5. The molecule has 17 heavy (non-hydrogen) atoms. The van der Waals surface area contributed by atoms with Crippen molar-refractivity contribution in [1.82, 2.24) is 0 Å². The lowest BCUT2D eigenvalue weighted by molar-refractivity contribution is 0.279. The van der Waals surface area contributed by atoms with Gasteiger partial charge in [0.05, 0.1) is 6.61 Å². The second-order valence-corrected chi connectivity index (χ2v) is 11.1. The van der Waals surface area contributed by atoms with Crippen LogP contribution in [0.2, 0.25) is 18.1 Å². The molecule has 2 nitrogen and oxygen atoms in total. The number of aliphatic hydroxyl groups excluding tert-OH is 1. The van der Waals surface area contributed by atoms with Crippen LogP contribution in [-0.4, -0.2) is 26.6 Å². The molecular weight excluding hydrogens is 228 g/mol. The van der Waals surface area contributed by atoms with E-state index in [4.69, 9.17) is 9.53 Å². The van der Waals surface area contributed by atoms with Gasteiger partial charge < -0.3 is 9.53 Å². The van der Waals surface area contributed by atoms with Crippen molar-refractivity contribution < 1.29 is 9.53 Å². The molecule has 3 heteroatoms. The zero-order valence-corrected chi connectivity index (χ0v) is 13.5. The molecule has 0 aromatic rings. The van der Waals surface area contributed by atoms with Crippen LogP contribution in [0.15, 0.2) is 11.6 Å². The average Bonchev–Trinajstić information content (AvgIpc) is 2.21. The Morgan fingerprint density at radius 2 is 1.82 bits per heavy atom. The fraction of sp³-hybridized carbons (Fsp3) is 0.857. The van der Waals surface area contributed by atoms with Crippen molar-refractivity contribution in [2.45, 2.75) is 65.1 Å². The van der Waals surface area contributed by atoms with Gasteiger partial charge in [-0.25, -0.2) is 0 Å². The summed E-state index contributed by atoms with van der Waals surface area (Å²) < 4.78 is 6.10. The van der Waals surface area contributed by atoms with E-state index in [9.17, 15) is 0 Å². The first-order valence-electron chi connectivity index (χ1n) is 6.61. The molecule has 0 amide bonds. The van der Waals surface area contributed by atoms with E-state index < -0.39 is 8.32 Å². The van der Waals surface area contributed by atoms with Crippen LogP contribution in [0.5, 0.6) is 0 Å². The van der Waals surface area contributed by atoms with E-state index in [1.807, 2.05) is 6.92 Å². The maximum absolute atomic E-state index is 8.85. The average molecular weight is 258 g/mol. The summed E-state index contributed by atoms with van der Waals surface area (Å²) in [5.41, 5.74) is 1.07. The summed E-state index contributed by atoms with van der Waals surface area (Å²) in [4.78, 5) is 0. The summed E-state index contributed by atoms with van der Waals surface area (Å²) in [6.45, 7) is 14.4. The third-order valence-corrected chi connectivity index (χ3v) is 8.15. The molecule has 0 fully saturated rings. The summed E-state index contributed by atoms with van der Waals surface area (Å²) in [7, 11) is -1.55. The molecule has 1 N–H and O–H groups in total. The van der Waals surface area contributed by atoms with Crippen LogP contribution in [0.4, 0.5) is 0 Å². The molecule has 102 valence electrons. The van der Waals surface area contributed by atoms with E-state index in [1.54, 1.807) is 0 Å². The SMILES string of the molecule is C/C(=C/CCCCO[Si](C)(C)C(C)(C)C)CO. The minimum Gasteiger partial charge on any atom is -0.417 e. The van der Waals surface area contributed by atoms with Gasteiger partial charge in [0, 0.05) is 6.61 Å². The Balaban J connectivity index is 3.73. The van der Waals surface area contributed by atoms with Crippen molar-refractivity contribution in [2.75, 3.05) is 13.2 Å². The highest BCUT2D eigenvalue weighted by atomic mass is 28.4. The van der Waals surface area contributed by atoms with Crippen molar-refractivity contribution in [1.29, 1.82) is 0 Å². The van der Waals surface area contributed by atoms with Gasteiger partial charge >= 0.3 is 0 Å². The molecule has 0 radical (unpaired) electrons. The van der Waals surface area contributed by atoms with Crippen LogP contribution in [0.3, 0.4) is 0 Å². The molecular formula is C14H30O2Si. The van der Waals surface area contributed by atoms with Gasteiger partial charge in [0.25, 0.3) is 0 Å². The lowest BCUT2D eigenvalue weighted by atomic mass is 10.2. The van der Waals surface area contributed by atoms with E-state index in [2.05, 4.69) is 39.9 Å². The molecule has 0 aliphatic heterocycles. The Labute approximate surface area is 108 Å². The Morgan fingerprint density at radius 1 is 1.24 bits per heavy atom. The van der Waals surface area contributed by atoms with Crippen molar-refractivity contribution in [3.8, 4) is 0 Å². The van der Waals surface area contributed by atoms with Gasteiger partial charge in [0.15, 0.2) is 8.32 Å². The largest absolute Gasteiger partial charge is 0.417 e. The number of rotatable bonds is 7. The van der Waals surface area contributed by atoms with Crippen molar-refractivity contribution in [3.63, 3.8) is 0 Å². The molecule has 0 aliphatic rings. The quantitative estimate of drug-likeness (QED) is 0.423. The minimum absolute atomic E-state index is 0.181. The fourth-order valence-electron chi connectivity index (χ4n) is 1.20. The van der Waals surface area contributed by atoms with Gasteiger partial charge in [-0.05, 0) is 44.3 Å². The molecule has 0 unspecified atom stereocenters. The predicted octanol–water partition coefficient (Wildman–Crippen LogP) is 4.12. The maximum atomic E-state index is 8.85. The van der Waals surface area contributed by atoms with Gasteiger partial charge in [0.1, 0.15) is 0 Å². The molecule has 0 spiro atoms. The zero-order valence-electron chi connectivity index (χ0n) is 12.5. The monoisotopic (exact) mass is 258 g/mol. The number of hydrogen-bond donors (Lipinski definition) is 1. The van der Waals surface area contributed by atoms with Gasteiger partial charge in [-0.3, -0.25) is 0 Å². The number of aliphatic hydroxyl groups is 1. The van der Waals surface area contributed by atoms with E-state index in [-0.39, 0.29) is 6.61 Å². The van der Waals surface area contributed by atoms with Crippen LogP contribution in [0, 0.1) is 0 Å². The second-order valence-electron chi connectivity index (χ2n) is 6.31. The molecule has 0 atom stereocenters. The highest BCUT2D eigenvalue weighted by Gasteiger charge is 2.36. The van der Waals surface area contributed by atoms with Gasteiger partial charge in [0.2, 0.25) is 0 Å². The van der Waals surface area contributed by atoms with E-state index in [0.29, 0.717) is 5.04 Å². The molecule has 0 bridgehead atoms. The molecule has 0 heterocycles. The standard InChI is InChI=1S/C14H30O2Si/c1-13(12-15)10-8-7-9-11-16-17(5,6)14(2,3)4/h10,15H,7-9,11-12H2,1-6H3/b13-10-. The van der Waals surface area contributed by atoms with Gasteiger partial charge in [-0.2, -0.15) is 0 Å². The smallest absolute Gasteiger partial charge is 0.191 e. The Kier molecular flexibility index (Phi) is 7.29. The van der Waals surface area contributed by atoms with E-state index in [1.165, 1.54) is 0 Å². The Hall–Kier alpha value is -0.123. The van der Waals surface area contributed by atoms with E-state index in [0.717, 1.165) is 31.4 Å². The summed E-state index contributed by atoms with van der Waals surface area (Å²) in [6, 6.07) is 0. The minimum atomic E-state index is -1.55. The number of allylic oxidation sites excluding steroid dienone is 1. The highest BCUT2D eigenvalue weighted by Crippen LogP contribution is 2.36. The fourth-order valence-corrected chi connectivity index (χ4v) is 2.29. The first-order chi connectivity index (χ1) is 7.70. The van der Waals surface area contributed by atoms with Crippen molar-refractivity contribution in [3.05, 3.63) is 11.6 Å². The number of hydrogen-bond acceptors (Lipinski definition) is 2. The molecule has 0 aliphatic carbocycles. The molecule has 0 aromatic heterocycles. The van der Waals surface area contributed by atoms with Crippen LogP contribution in [0.1, 0.15) is 47.0 Å². The van der Waals surface area contributed by atoms with Crippen LogP contribution < -0.4 is 0 Å². The normalized spacial score (nSPS) is 14.2. The maximum Gasteiger partial charge on any atom is 0.191 e. The third-order valence-electron chi connectivity index (χ3n) is 3.61. The molecule has 0 rings (SSSR count). The molecule has 0 saturated heterocycles. The first-order valence-corrected chi connectivity index (χ1v) is 9.52. The van der Waals surface area contributed by atoms with Crippen LogP contribution in [-0.2, 0) is 4.43 Å². The summed E-state index contributed by atoms with van der Waals surface area (Å²) >= 11 is 0. The Morgan fingerprint density at radius 3 is 2.29 bits per heavy atom. The lowest BCUT2D eigenvalue weighted by Gasteiger charge is -2.36. The molecule has 0 aromatic carbocycles. The lowest BCUT2D eigenvalue weighted by Crippen LogP contribution is -2.40. The third kappa shape index (κ3) is 7.01. The highest BCUT2D eigenvalue weighted by molar-refractivity contribution is 6.74. The topological polar surface area (TPSA) is 29.5 Å². The van der Waals surface area contributed by atoms with Crippen LogP contribution in [0.25, 0.3) is 0 Å². The van der Waals surface area contributed by atoms with Crippen molar-refractivity contribution >= 4 is 8.32 Å². The van der Waals surface area contributed by atoms with Crippen molar-refractivity contribution in [2.24, 2.45) is 0 Å². The summed E-state index contributed by atoms with van der Waals surface area (Å²) in [5, 5.41) is 9.15. The summed E-state index contributed by atoms with van der Waals surface area (Å²) in [5.74, 6) is 0. The predicted molar refractivity (Wildman–Crippen MR) is 77.8 cm³/mol. The molecule has 0 saturated carbocycles. The van der Waals surface area contributed by atoms with Gasteiger partial charge in [-0.1, -0.05) is 32.4 Å². The first kappa shape index (κ1) is 16.9. The van der Waals surface area contributed by atoms with Crippen LogP contribution >= 0.6 is 0 Å². The number of unbranched alkanes of at least 4 members (excludes halogenated alkanes) is 2. The summed E-state index contributed by atoms with van der Waals surface area (Å²) in [6.07, 6.45) is 5.42. The van der Waals surface area contributed by atoms with Gasteiger partial charge in [-0.15, -0.1) is 0 Å². The Bertz CT molecular complexity index is 239.